The van der Waals surface area contributed by atoms with E-state index in [-0.39, 0.29) is 12.0 Å². The van der Waals surface area contributed by atoms with E-state index >= 15 is 0 Å². The number of benzene rings is 2. The van der Waals surface area contributed by atoms with Gasteiger partial charge in [-0.25, -0.2) is 9.97 Å². The zero-order chi connectivity index (χ0) is 23.9. The van der Waals surface area contributed by atoms with Crippen molar-refractivity contribution in [1.29, 1.82) is 0 Å². The van der Waals surface area contributed by atoms with Gasteiger partial charge in [0.2, 0.25) is 0 Å². The number of hydrogen-bond acceptors (Lipinski definition) is 5. The van der Waals surface area contributed by atoms with E-state index in [1.807, 2.05) is 30.3 Å². The van der Waals surface area contributed by atoms with Gasteiger partial charge < -0.3 is 24.9 Å². The number of aliphatic hydroxyl groups is 2. The van der Waals surface area contributed by atoms with Crippen LogP contribution in [0.5, 0.6) is 11.5 Å². The monoisotopic (exact) mass is 488 g/mol. The molecule has 1 aliphatic rings. The maximum absolute atomic E-state index is 11.3. The van der Waals surface area contributed by atoms with Crippen LogP contribution in [0.25, 0.3) is 22.1 Å². The molecule has 0 bridgehead atoms. The normalized spacial score (nSPS) is 19.3. The number of ether oxygens (including phenoxy) is 1. The lowest BCUT2D eigenvalue weighted by atomic mass is 9.87. The lowest BCUT2D eigenvalue weighted by Crippen LogP contribution is -2.17. The molecule has 0 amide bonds. The van der Waals surface area contributed by atoms with E-state index in [0.717, 1.165) is 47.9 Å². The summed E-state index contributed by atoms with van der Waals surface area (Å²) in [5.41, 5.74) is 3.51. The van der Waals surface area contributed by atoms with Crippen LogP contribution in [0.4, 0.5) is 0 Å². The van der Waals surface area contributed by atoms with E-state index in [2.05, 4.69) is 15.0 Å². The number of pyridine rings is 1. The van der Waals surface area contributed by atoms with Crippen LogP contribution in [-0.4, -0.2) is 36.3 Å². The van der Waals surface area contributed by atoms with Gasteiger partial charge in [-0.1, -0.05) is 35.9 Å². The van der Waals surface area contributed by atoms with E-state index in [1.54, 1.807) is 30.6 Å². The zero-order valence-electron chi connectivity index (χ0n) is 18.9. The fraction of sp³-hybridized carbons (Fsp3) is 0.259. The van der Waals surface area contributed by atoms with Gasteiger partial charge >= 0.3 is 0 Å². The summed E-state index contributed by atoms with van der Waals surface area (Å²) in [4.78, 5) is 16.0. The minimum atomic E-state index is -0.967. The molecule has 5 aromatic rings. The third-order valence-corrected chi connectivity index (χ3v) is 7.16. The van der Waals surface area contributed by atoms with Crippen molar-refractivity contribution in [2.45, 2.75) is 43.8 Å². The Labute approximate surface area is 206 Å². The Morgan fingerprint density at radius 2 is 1.80 bits per heavy atom. The first-order valence-corrected chi connectivity index (χ1v) is 12.2. The van der Waals surface area contributed by atoms with E-state index in [9.17, 15) is 10.2 Å². The first-order valence-electron chi connectivity index (χ1n) is 11.8. The Morgan fingerprint density at radius 3 is 2.57 bits per heavy atom. The molecule has 0 radical (unpaired) electrons. The van der Waals surface area contributed by atoms with Crippen LogP contribution < -0.4 is 4.74 Å². The molecule has 1 atom stereocenters. The SMILES string of the molecule is OC1CCC(c2nc3cnc4[nH]cc(C(O)c5ccc(Oc6ccccc6)cc5Cl)c4c3[nH]2)CC1. The Morgan fingerprint density at radius 1 is 1.00 bits per heavy atom. The fourth-order valence-electron chi connectivity index (χ4n) is 4.95. The molecule has 1 fully saturated rings. The van der Waals surface area contributed by atoms with Gasteiger partial charge in [0.1, 0.15) is 34.6 Å². The minimum Gasteiger partial charge on any atom is -0.457 e. The Hall–Kier alpha value is -3.39. The van der Waals surface area contributed by atoms with Gasteiger partial charge in [-0.3, -0.25) is 0 Å². The summed E-state index contributed by atoms with van der Waals surface area (Å²) < 4.78 is 5.87. The van der Waals surface area contributed by atoms with E-state index < -0.39 is 6.10 Å². The Bertz CT molecular complexity index is 1490. The average molecular weight is 489 g/mol. The van der Waals surface area contributed by atoms with Crippen molar-refractivity contribution >= 4 is 33.7 Å². The second-order valence-corrected chi connectivity index (χ2v) is 9.52. The summed E-state index contributed by atoms with van der Waals surface area (Å²) in [6, 6.07) is 14.8. The number of hydrogen-bond donors (Lipinski definition) is 4. The highest BCUT2D eigenvalue weighted by molar-refractivity contribution is 6.31. The molecule has 7 nitrogen and oxygen atoms in total. The first-order chi connectivity index (χ1) is 17.1. The number of aromatic amines is 2. The summed E-state index contributed by atoms with van der Waals surface area (Å²) in [5.74, 6) is 2.49. The van der Waals surface area contributed by atoms with Crippen molar-refractivity contribution in [1.82, 2.24) is 19.9 Å². The second kappa shape index (κ2) is 9.00. The number of fused-ring (bicyclic) bond motifs is 3. The summed E-state index contributed by atoms with van der Waals surface area (Å²) in [5, 5.41) is 22.4. The van der Waals surface area contributed by atoms with Gasteiger partial charge in [0.15, 0.2) is 0 Å². The number of rotatable bonds is 5. The van der Waals surface area contributed by atoms with Crippen molar-refractivity contribution in [3.05, 3.63) is 82.9 Å². The van der Waals surface area contributed by atoms with Crippen LogP contribution >= 0.6 is 11.6 Å². The predicted molar refractivity (Wildman–Crippen MR) is 135 cm³/mol. The summed E-state index contributed by atoms with van der Waals surface area (Å²) in [6.45, 7) is 0. The van der Waals surface area contributed by atoms with Gasteiger partial charge in [0, 0.05) is 23.2 Å². The van der Waals surface area contributed by atoms with Gasteiger partial charge in [0.05, 0.1) is 28.2 Å². The second-order valence-electron chi connectivity index (χ2n) is 9.11. The van der Waals surface area contributed by atoms with Gasteiger partial charge in [-0.05, 0) is 49.9 Å². The average Bonchev–Trinajstić information content (AvgIpc) is 3.49. The maximum atomic E-state index is 11.3. The highest BCUT2D eigenvalue weighted by Crippen LogP contribution is 2.38. The van der Waals surface area contributed by atoms with Crippen molar-refractivity contribution in [2.24, 2.45) is 0 Å². The van der Waals surface area contributed by atoms with Crippen LogP contribution in [0, 0.1) is 0 Å². The summed E-state index contributed by atoms with van der Waals surface area (Å²) >= 11 is 6.59. The van der Waals surface area contributed by atoms with Crippen molar-refractivity contribution in [3.63, 3.8) is 0 Å². The third kappa shape index (κ3) is 4.16. The highest BCUT2D eigenvalue weighted by atomic mass is 35.5. The molecule has 178 valence electrons. The first kappa shape index (κ1) is 22.1. The standard InChI is InChI=1S/C27H25ClN4O3/c28-21-12-18(35-17-4-2-1-3-5-17)10-11-19(21)25(34)20-13-29-27-23(20)24-22(14-30-27)31-26(32-24)15-6-8-16(33)9-7-15/h1-5,10-16,25,33-34H,6-9H2,(H,29,30)(H,31,32). The van der Waals surface area contributed by atoms with Crippen molar-refractivity contribution in [3.8, 4) is 11.5 Å². The van der Waals surface area contributed by atoms with Crippen LogP contribution in [0.3, 0.4) is 0 Å². The molecule has 8 heteroatoms. The number of halogens is 1. The zero-order valence-corrected chi connectivity index (χ0v) is 19.7. The highest BCUT2D eigenvalue weighted by Gasteiger charge is 2.26. The quantitative estimate of drug-likeness (QED) is 0.243. The molecule has 4 N–H and O–H groups in total. The molecular weight excluding hydrogens is 464 g/mol. The number of aromatic nitrogens is 4. The fourth-order valence-corrected chi connectivity index (χ4v) is 5.22. The molecule has 1 aliphatic carbocycles. The number of H-pyrrole nitrogens is 2. The lowest BCUT2D eigenvalue weighted by Gasteiger charge is -2.23. The van der Waals surface area contributed by atoms with Gasteiger partial charge in [-0.15, -0.1) is 0 Å². The molecule has 0 aliphatic heterocycles. The van der Waals surface area contributed by atoms with Gasteiger partial charge in [-0.2, -0.15) is 0 Å². The number of nitrogens with zero attached hydrogens (tertiary/aromatic N) is 2. The minimum absolute atomic E-state index is 0.218. The molecule has 0 spiro atoms. The molecule has 35 heavy (non-hydrogen) atoms. The number of nitrogens with one attached hydrogen (secondary N) is 2. The van der Waals surface area contributed by atoms with Crippen molar-refractivity contribution < 1.29 is 14.9 Å². The smallest absolute Gasteiger partial charge is 0.139 e. The molecular formula is C27H25ClN4O3. The van der Waals surface area contributed by atoms with Crippen LogP contribution in [0.2, 0.25) is 5.02 Å². The molecule has 2 aromatic carbocycles. The van der Waals surface area contributed by atoms with E-state index in [0.29, 0.717) is 33.3 Å². The summed E-state index contributed by atoms with van der Waals surface area (Å²) in [7, 11) is 0. The largest absolute Gasteiger partial charge is 0.457 e. The summed E-state index contributed by atoms with van der Waals surface area (Å²) in [6.07, 6.45) is 5.68. The van der Waals surface area contributed by atoms with E-state index in [4.69, 9.17) is 21.3 Å². The number of aliphatic hydroxyl groups excluding tert-OH is 2. The third-order valence-electron chi connectivity index (χ3n) is 6.83. The van der Waals surface area contributed by atoms with Gasteiger partial charge in [0.25, 0.3) is 0 Å². The molecule has 1 unspecified atom stereocenters. The van der Waals surface area contributed by atoms with E-state index in [1.165, 1.54) is 0 Å². The number of para-hydroxylation sites is 1. The Kier molecular flexibility index (Phi) is 5.68. The molecule has 3 aromatic heterocycles. The topological polar surface area (TPSA) is 107 Å². The maximum Gasteiger partial charge on any atom is 0.139 e. The lowest BCUT2D eigenvalue weighted by molar-refractivity contribution is 0.121. The molecule has 3 heterocycles. The van der Waals surface area contributed by atoms with Crippen LogP contribution in [0.1, 0.15) is 54.7 Å². The van der Waals surface area contributed by atoms with Crippen molar-refractivity contribution in [2.75, 3.05) is 0 Å². The van der Waals surface area contributed by atoms with Crippen LogP contribution in [0.15, 0.2) is 60.9 Å². The predicted octanol–water partition coefficient (Wildman–Crippen LogP) is 5.99. The Balaban J connectivity index is 1.34. The molecule has 0 saturated heterocycles. The van der Waals surface area contributed by atoms with Crippen LogP contribution in [-0.2, 0) is 0 Å². The number of imidazole rings is 1. The molecule has 1 saturated carbocycles. The molecule has 6 rings (SSSR count).